The lowest BCUT2D eigenvalue weighted by molar-refractivity contribution is -0.898. The fraction of sp³-hybridized carbons (Fsp3) is 0.700. The summed E-state index contributed by atoms with van der Waals surface area (Å²) in [5, 5.41) is 2.94. The zero-order valence-electron chi connectivity index (χ0n) is 9.35. The molecule has 0 aromatic carbocycles. The van der Waals surface area contributed by atoms with E-state index >= 15 is 0 Å². The van der Waals surface area contributed by atoms with Gasteiger partial charge in [0.25, 0.3) is 5.91 Å². The Kier molecular flexibility index (Phi) is 4.14. The van der Waals surface area contributed by atoms with Gasteiger partial charge >= 0.3 is 0 Å². The van der Waals surface area contributed by atoms with Crippen LogP contribution in [0.4, 0.5) is 0 Å². The molecular formula is C10H21N2O+. The molecule has 0 aromatic heterocycles. The van der Waals surface area contributed by atoms with Gasteiger partial charge in [0.2, 0.25) is 0 Å². The monoisotopic (exact) mass is 185 g/mol. The van der Waals surface area contributed by atoms with Gasteiger partial charge in [0, 0.05) is 12.0 Å². The number of nitrogens with zero attached hydrogens (tertiary/aromatic N) is 1. The summed E-state index contributed by atoms with van der Waals surface area (Å²) in [4.78, 5) is 11.3. The number of carbonyl (C=O) groups excluding carboxylic acids is 1. The average Bonchev–Trinajstić information content (AvgIpc) is 1.96. The van der Waals surface area contributed by atoms with Crippen LogP contribution in [0.3, 0.4) is 0 Å². The number of carbonyl (C=O) groups is 1. The molecule has 3 heteroatoms. The van der Waals surface area contributed by atoms with E-state index < -0.39 is 0 Å². The summed E-state index contributed by atoms with van der Waals surface area (Å²) in [5.41, 5.74) is 0.562. The molecule has 1 N–H and O–H groups in total. The van der Waals surface area contributed by atoms with E-state index in [4.69, 9.17) is 0 Å². The summed E-state index contributed by atoms with van der Waals surface area (Å²) in [6.07, 6.45) is 1.08. The lowest BCUT2D eigenvalue weighted by atomic mass is 10.2. The number of quaternary nitrogens is 1. The fourth-order valence-corrected chi connectivity index (χ4v) is 1.12. The van der Waals surface area contributed by atoms with Crippen molar-refractivity contribution in [1.82, 2.24) is 5.32 Å². The Hall–Kier alpha value is -0.830. The predicted octanol–water partition coefficient (Wildman–Crippen LogP) is 1.12. The quantitative estimate of drug-likeness (QED) is 0.397. The lowest BCUT2D eigenvalue weighted by Crippen LogP contribution is -2.54. The molecule has 0 saturated carbocycles. The van der Waals surface area contributed by atoms with Crippen LogP contribution in [0.25, 0.3) is 0 Å². The van der Waals surface area contributed by atoms with Crippen molar-refractivity contribution in [3.63, 3.8) is 0 Å². The molecule has 0 unspecified atom stereocenters. The molecule has 0 spiro atoms. The van der Waals surface area contributed by atoms with Gasteiger partial charge in [0.05, 0.1) is 21.1 Å². The van der Waals surface area contributed by atoms with Crippen molar-refractivity contribution in [2.75, 3.05) is 21.1 Å². The fourth-order valence-electron chi connectivity index (χ4n) is 1.12. The van der Waals surface area contributed by atoms with Crippen LogP contribution in [-0.4, -0.2) is 37.7 Å². The first-order valence-corrected chi connectivity index (χ1v) is 4.56. The van der Waals surface area contributed by atoms with Gasteiger partial charge < -0.3 is 9.80 Å². The van der Waals surface area contributed by atoms with Gasteiger partial charge in [0.1, 0.15) is 0 Å². The van der Waals surface area contributed by atoms with Crippen LogP contribution in [0.15, 0.2) is 12.2 Å². The number of hydrogen-bond acceptors (Lipinski definition) is 1. The minimum atomic E-state index is -0.0556. The minimum absolute atomic E-state index is 0.0556. The highest BCUT2D eigenvalue weighted by molar-refractivity contribution is 5.92. The van der Waals surface area contributed by atoms with Crippen molar-refractivity contribution in [3.05, 3.63) is 12.2 Å². The molecule has 0 saturated heterocycles. The first kappa shape index (κ1) is 12.2. The molecule has 3 nitrogen and oxygen atoms in total. The van der Waals surface area contributed by atoms with E-state index in [2.05, 4.69) is 40.0 Å². The van der Waals surface area contributed by atoms with Gasteiger partial charge in [-0.25, -0.2) is 0 Å². The molecule has 0 radical (unpaired) electrons. The Balaban J connectivity index is 4.31. The summed E-state index contributed by atoms with van der Waals surface area (Å²) in [5.74, 6) is -0.0556. The van der Waals surface area contributed by atoms with Gasteiger partial charge in [-0.1, -0.05) is 13.5 Å². The van der Waals surface area contributed by atoms with Crippen LogP contribution < -0.4 is 5.32 Å². The van der Waals surface area contributed by atoms with Crippen LogP contribution in [0.2, 0.25) is 0 Å². The van der Waals surface area contributed by atoms with E-state index in [1.807, 2.05) is 0 Å². The van der Waals surface area contributed by atoms with Crippen molar-refractivity contribution in [2.24, 2.45) is 0 Å². The molecule has 0 heterocycles. The highest BCUT2D eigenvalue weighted by Crippen LogP contribution is 2.04. The third-order valence-electron chi connectivity index (χ3n) is 2.01. The second kappa shape index (κ2) is 4.42. The molecule has 0 aromatic rings. The Morgan fingerprint density at radius 2 is 1.92 bits per heavy atom. The molecule has 1 amide bonds. The van der Waals surface area contributed by atoms with Crippen molar-refractivity contribution < 1.29 is 9.28 Å². The number of amides is 1. The van der Waals surface area contributed by atoms with Gasteiger partial charge in [-0.3, -0.25) is 4.79 Å². The molecule has 0 rings (SSSR count). The molecule has 1 atom stereocenters. The summed E-state index contributed by atoms with van der Waals surface area (Å²) in [6.45, 7) is 7.39. The smallest absolute Gasteiger partial charge is 0.250 e. The zero-order chi connectivity index (χ0) is 10.6. The Morgan fingerprint density at radius 3 is 2.15 bits per heavy atom. The third-order valence-corrected chi connectivity index (χ3v) is 2.01. The number of hydrogen-bond donors (Lipinski definition) is 1. The van der Waals surface area contributed by atoms with E-state index in [-0.39, 0.29) is 12.1 Å². The molecule has 0 aliphatic rings. The molecule has 0 bridgehead atoms. The van der Waals surface area contributed by atoms with Crippen LogP contribution >= 0.6 is 0 Å². The van der Waals surface area contributed by atoms with Crippen LogP contribution in [0.1, 0.15) is 20.3 Å². The number of rotatable bonds is 4. The van der Waals surface area contributed by atoms with Crippen molar-refractivity contribution >= 4 is 5.91 Å². The van der Waals surface area contributed by atoms with E-state index in [1.54, 1.807) is 6.92 Å². The average molecular weight is 185 g/mol. The minimum Gasteiger partial charge on any atom is -0.311 e. The maximum Gasteiger partial charge on any atom is 0.250 e. The molecule has 0 aliphatic carbocycles. The standard InChI is InChI=1S/C10H20N2O/c1-7-9(12(4,5)6)11-10(13)8(2)3/h9H,2,7H2,1,3-6H3/p+1/t9-/m1/s1. The molecule has 0 fully saturated rings. The summed E-state index contributed by atoms with van der Waals surface area (Å²) < 4.78 is 0.732. The van der Waals surface area contributed by atoms with Gasteiger partial charge in [-0.05, 0) is 6.92 Å². The largest absolute Gasteiger partial charge is 0.311 e. The topological polar surface area (TPSA) is 29.1 Å². The second-order valence-corrected chi connectivity index (χ2v) is 4.29. The molecule has 13 heavy (non-hydrogen) atoms. The van der Waals surface area contributed by atoms with Crippen molar-refractivity contribution in [2.45, 2.75) is 26.4 Å². The lowest BCUT2D eigenvalue weighted by Gasteiger charge is -2.33. The highest BCUT2D eigenvalue weighted by atomic mass is 16.1. The molecule has 0 aliphatic heterocycles. The van der Waals surface area contributed by atoms with Crippen LogP contribution in [-0.2, 0) is 4.79 Å². The van der Waals surface area contributed by atoms with E-state index in [0.717, 1.165) is 10.9 Å². The number of nitrogens with one attached hydrogen (secondary N) is 1. The van der Waals surface area contributed by atoms with E-state index in [9.17, 15) is 4.79 Å². The van der Waals surface area contributed by atoms with Gasteiger partial charge in [0.15, 0.2) is 6.17 Å². The summed E-state index contributed by atoms with van der Waals surface area (Å²) >= 11 is 0. The maximum absolute atomic E-state index is 11.3. The van der Waals surface area contributed by atoms with Crippen LogP contribution in [0, 0.1) is 0 Å². The zero-order valence-corrected chi connectivity index (χ0v) is 9.35. The van der Waals surface area contributed by atoms with Crippen molar-refractivity contribution in [3.8, 4) is 0 Å². The molecule has 76 valence electrons. The Labute approximate surface area is 81.0 Å². The predicted molar refractivity (Wildman–Crippen MR) is 55.1 cm³/mol. The first-order valence-electron chi connectivity index (χ1n) is 4.56. The summed E-state index contributed by atoms with van der Waals surface area (Å²) in [6, 6.07) is 0. The Morgan fingerprint density at radius 1 is 1.46 bits per heavy atom. The highest BCUT2D eigenvalue weighted by Gasteiger charge is 2.23. The normalized spacial score (nSPS) is 13.6. The Bertz CT molecular complexity index is 203. The van der Waals surface area contributed by atoms with E-state index in [0.29, 0.717) is 5.57 Å². The second-order valence-electron chi connectivity index (χ2n) is 4.29. The van der Waals surface area contributed by atoms with Crippen LogP contribution in [0.5, 0.6) is 0 Å². The third kappa shape index (κ3) is 4.08. The van der Waals surface area contributed by atoms with Crippen molar-refractivity contribution in [1.29, 1.82) is 0 Å². The SMILES string of the molecule is C=C(C)C(=O)N[C@@H](CC)[N+](C)(C)C. The summed E-state index contributed by atoms with van der Waals surface area (Å²) in [7, 11) is 6.19. The molecular weight excluding hydrogens is 164 g/mol. The van der Waals surface area contributed by atoms with Gasteiger partial charge in [-0.15, -0.1) is 0 Å². The van der Waals surface area contributed by atoms with E-state index in [1.165, 1.54) is 0 Å². The van der Waals surface area contributed by atoms with Gasteiger partial charge in [-0.2, -0.15) is 0 Å². The maximum atomic E-state index is 11.3. The first-order chi connectivity index (χ1) is 5.79.